The Morgan fingerprint density at radius 1 is 1.17 bits per heavy atom. The van der Waals surface area contributed by atoms with Crippen molar-refractivity contribution in [2.45, 2.75) is 6.61 Å². The topological polar surface area (TPSA) is 51.2 Å². The molecule has 3 aromatic rings. The number of thiazole rings is 1. The van der Waals surface area contributed by atoms with Gasteiger partial charge in [-0.1, -0.05) is 42.5 Å². The minimum absolute atomic E-state index is 0.0518. The number of benzene rings is 2. The van der Waals surface area contributed by atoms with Crippen molar-refractivity contribution >= 4 is 22.4 Å². The maximum Gasteiger partial charge on any atom is 0.252 e. The molecule has 0 spiro atoms. The van der Waals surface area contributed by atoms with E-state index in [-0.39, 0.29) is 18.3 Å². The molecule has 1 heterocycles. The number of ether oxygens (including phenoxy) is 1. The zero-order valence-corrected chi connectivity index (χ0v) is 13.6. The summed E-state index contributed by atoms with van der Waals surface area (Å²) in [6.45, 7) is 0.324. The first-order valence-corrected chi connectivity index (χ1v) is 8.21. The molecule has 0 atom stereocenters. The Bertz CT molecular complexity index is 821. The summed E-state index contributed by atoms with van der Waals surface area (Å²) in [4.78, 5) is 16.2. The fourth-order valence-corrected chi connectivity index (χ4v) is 2.84. The first kappa shape index (κ1) is 16.3. The summed E-state index contributed by atoms with van der Waals surface area (Å²) >= 11 is 1.29. The standard InChI is InChI=1S/C18H15FN2O2S/c19-15-8-4-7-14(9-15)16-12-24-18(20-16)21-17(22)11-23-10-13-5-2-1-3-6-13/h1-9,12H,10-11H2,(H,20,21,22). The average molecular weight is 342 g/mol. The average Bonchev–Trinajstić information content (AvgIpc) is 3.04. The van der Waals surface area contributed by atoms with Gasteiger partial charge in [0.15, 0.2) is 5.13 Å². The van der Waals surface area contributed by atoms with Crippen LogP contribution in [-0.4, -0.2) is 17.5 Å². The summed E-state index contributed by atoms with van der Waals surface area (Å²) in [5.74, 6) is -0.591. The first-order chi connectivity index (χ1) is 11.7. The molecule has 0 aliphatic rings. The van der Waals surface area contributed by atoms with Gasteiger partial charge in [-0.2, -0.15) is 0 Å². The van der Waals surface area contributed by atoms with Crippen LogP contribution in [0, 0.1) is 5.82 Å². The van der Waals surface area contributed by atoms with Crippen LogP contribution in [0.5, 0.6) is 0 Å². The monoisotopic (exact) mass is 342 g/mol. The van der Waals surface area contributed by atoms with E-state index in [0.29, 0.717) is 23.0 Å². The van der Waals surface area contributed by atoms with Gasteiger partial charge in [-0.15, -0.1) is 11.3 Å². The quantitative estimate of drug-likeness (QED) is 0.733. The van der Waals surface area contributed by atoms with Crippen molar-refractivity contribution in [3.05, 3.63) is 71.4 Å². The lowest BCUT2D eigenvalue weighted by Crippen LogP contribution is -2.18. The second-order valence-electron chi connectivity index (χ2n) is 5.07. The second-order valence-corrected chi connectivity index (χ2v) is 5.93. The van der Waals surface area contributed by atoms with Gasteiger partial charge in [0.1, 0.15) is 12.4 Å². The van der Waals surface area contributed by atoms with E-state index in [4.69, 9.17) is 4.74 Å². The lowest BCUT2D eigenvalue weighted by molar-refractivity contribution is -0.121. The lowest BCUT2D eigenvalue weighted by Gasteiger charge is -2.04. The lowest BCUT2D eigenvalue weighted by atomic mass is 10.2. The minimum Gasteiger partial charge on any atom is -0.367 e. The highest BCUT2D eigenvalue weighted by Gasteiger charge is 2.09. The summed E-state index contributed by atoms with van der Waals surface area (Å²) in [5, 5.41) is 4.92. The predicted molar refractivity (Wildman–Crippen MR) is 92.2 cm³/mol. The number of carbonyl (C=O) groups excluding carboxylic acids is 1. The SMILES string of the molecule is O=C(COCc1ccccc1)Nc1nc(-c2cccc(F)c2)cs1. The smallest absolute Gasteiger partial charge is 0.252 e. The Morgan fingerprint density at radius 2 is 2.00 bits per heavy atom. The highest BCUT2D eigenvalue weighted by molar-refractivity contribution is 7.14. The molecule has 1 N–H and O–H groups in total. The van der Waals surface area contributed by atoms with E-state index in [1.165, 1.54) is 23.5 Å². The maximum absolute atomic E-state index is 13.2. The van der Waals surface area contributed by atoms with Crippen LogP contribution in [0.2, 0.25) is 0 Å². The zero-order valence-electron chi connectivity index (χ0n) is 12.7. The maximum atomic E-state index is 13.2. The molecule has 0 unspecified atom stereocenters. The van der Waals surface area contributed by atoms with Crippen molar-refractivity contribution < 1.29 is 13.9 Å². The number of nitrogens with one attached hydrogen (secondary N) is 1. The number of anilines is 1. The fraction of sp³-hybridized carbons (Fsp3) is 0.111. The van der Waals surface area contributed by atoms with Crippen LogP contribution < -0.4 is 5.32 Å². The fourth-order valence-electron chi connectivity index (χ4n) is 2.10. The Balaban J connectivity index is 1.52. The number of amides is 1. The molecule has 6 heteroatoms. The van der Waals surface area contributed by atoms with Gasteiger partial charge in [-0.3, -0.25) is 10.1 Å². The molecular formula is C18H15FN2O2S. The molecule has 0 fully saturated rings. The molecule has 122 valence electrons. The Hall–Kier alpha value is -2.57. The molecule has 0 saturated carbocycles. The number of carbonyl (C=O) groups is 1. The molecule has 0 aliphatic carbocycles. The third kappa shape index (κ3) is 4.47. The summed E-state index contributed by atoms with van der Waals surface area (Å²) in [6.07, 6.45) is 0. The van der Waals surface area contributed by atoms with Gasteiger partial charge in [-0.05, 0) is 17.7 Å². The second kappa shape index (κ2) is 7.81. The van der Waals surface area contributed by atoms with Crippen molar-refractivity contribution in [2.24, 2.45) is 0 Å². The van der Waals surface area contributed by atoms with Gasteiger partial charge < -0.3 is 4.74 Å². The van der Waals surface area contributed by atoms with Gasteiger partial charge in [0.25, 0.3) is 5.91 Å². The third-order valence-corrected chi connectivity index (χ3v) is 3.97. The Morgan fingerprint density at radius 3 is 2.79 bits per heavy atom. The molecule has 1 amide bonds. The van der Waals surface area contributed by atoms with E-state index in [1.54, 1.807) is 17.5 Å². The van der Waals surface area contributed by atoms with Crippen molar-refractivity contribution in [2.75, 3.05) is 11.9 Å². The van der Waals surface area contributed by atoms with E-state index in [9.17, 15) is 9.18 Å². The number of rotatable bonds is 6. The number of hydrogen-bond donors (Lipinski definition) is 1. The summed E-state index contributed by atoms with van der Waals surface area (Å²) in [6, 6.07) is 15.8. The van der Waals surface area contributed by atoms with Gasteiger partial charge in [-0.25, -0.2) is 9.37 Å². The van der Waals surface area contributed by atoms with E-state index < -0.39 is 0 Å². The van der Waals surface area contributed by atoms with Crippen LogP contribution in [0.25, 0.3) is 11.3 Å². The van der Waals surface area contributed by atoms with Crippen LogP contribution in [0.1, 0.15) is 5.56 Å². The van der Waals surface area contributed by atoms with Gasteiger partial charge in [0, 0.05) is 10.9 Å². The summed E-state index contributed by atoms with van der Waals surface area (Å²) in [5.41, 5.74) is 2.31. The van der Waals surface area contributed by atoms with E-state index >= 15 is 0 Å². The number of aromatic nitrogens is 1. The minimum atomic E-state index is -0.319. The highest BCUT2D eigenvalue weighted by Crippen LogP contribution is 2.25. The number of nitrogens with zero attached hydrogens (tertiary/aromatic N) is 1. The van der Waals surface area contributed by atoms with Crippen molar-refractivity contribution in [1.29, 1.82) is 0 Å². The van der Waals surface area contributed by atoms with Gasteiger partial charge in [0.2, 0.25) is 0 Å². The van der Waals surface area contributed by atoms with Crippen molar-refractivity contribution in [1.82, 2.24) is 4.98 Å². The molecule has 0 bridgehead atoms. The molecule has 1 aromatic heterocycles. The molecule has 3 rings (SSSR count). The molecule has 2 aromatic carbocycles. The molecule has 4 nitrogen and oxygen atoms in total. The summed E-state index contributed by atoms with van der Waals surface area (Å²) in [7, 11) is 0. The van der Waals surface area contributed by atoms with Crippen molar-refractivity contribution in [3.63, 3.8) is 0 Å². The van der Waals surface area contributed by atoms with E-state index in [2.05, 4.69) is 10.3 Å². The van der Waals surface area contributed by atoms with Crippen LogP contribution in [0.3, 0.4) is 0 Å². The van der Waals surface area contributed by atoms with Crippen LogP contribution >= 0.6 is 11.3 Å². The number of hydrogen-bond acceptors (Lipinski definition) is 4. The van der Waals surface area contributed by atoms with Crippen LogP contribution in [0.15, 0.2) is 60.0 Å². The number of halogens is 1. The van der Waals surface area contributed by atoms with Crippen molar-refractivity contribution in [3.8, 4) is 11.3 Å². The molecule has 0 radical (unpaired) electrons. The molecular weight excluding hydrogens is 327 g/mol. The largest absolute Gasteiger partial charge is 0.367 e. The highest BCUT2D eigenvalue weighted by atomic mass is 32.1. The molecule has 24 heavy (non-hydrogen) atoms. The van der Waals surface area contributed by atoms with Crippen LogP contribution in [0.4, 0.5) is 9.52 Å². The van der Waals surface area contributed by atoms with Gasteiger partial charge >= 0.3 is 0 Å². The molecule has 0 aliphatic heterocycles. The van der Waals surface area contributed by atoms with Gasteiger partial charge in [0.05, 0.1) is 12.3 Å². The third-order valence-electron chi connectivity index (χ3n) is 3.22. The zero-order chi connectivity index (χ0) is 16.8. The molecule has 0 saturated heterocycles. The first-order valence-electron chi connectivity index (χ1n) is 7.34. The Labute approximate surface area is 142 Å². The Kier molecular flexibility index (Phi) is 5.30. The van der Waals surface area contributed by atoms with Crippen LogP contribution in [-0.2, 0) is 16.1 Å². The summed E-state index contributed by atoms with van der Waals surface area (Å²) < 4.78 is 18.6. The normalized spacial score (nSPS) is 10.5. The van der Waals surface area contributed by atoms with E-state index in [1.807, 2.05) is 30.3 Å². The van der Waals surface area contributed by atoms with E-state index in [0.717, 1.165) is 5.56 Å². The predicted octanol–water partition coefficient (Wildman–Crippen LogP) is 4.10.